The number of rotatable bonds is 6. The highest BCUT2D eigenvalue weighted by Gasteiger charge is 2.09. The van der Waals surface area contributed by atoms with Crippen molar-refractivity contribution in [2.24, 2.45) is 5.73 Å². The smallest absolute Gasteiger partial charge is 0.0328 e. The van der Waals surface area contributed by atoms with Crippen LogP contribution in [-0.4, -0.2) is 30.0 Å². The minimum Gasteiger partial charge on any atom is -0.326 e. The molecule has 1 aromatic rings. The summed E-state index contributed by atoms with van der Waals surface area (Å²) in [6, 6.07) is 4.95. The Kier molecular flexibility index (Phi) is 5.68. The summed E-state index contributed by atoms with van der Waals surface area (Å²) in [7, 11) is 2.18. The molecule has 1 unspecified atom stereocenters. The van der Waals surface area contributed by atoms with Crippen LogP contribution in [0.1, 0.15) is 16.7 Å². The number of nitrogens with zero attached hydrogens (tertiary/aromatic N) is 1. The average Bonchev–Trinajstić information content (AvgIpc) is 2.66. The highest BCUT2D eigenvalue weighted by Crippen LogP contribution is 2.18. The van der Waals surface area contributed by atoms with Gasteiger partial charge in [0.15, 0.2) is 0 Å². The highest BCUT2D eigenvalue weighted by atomic mass is 32.2. The van der Waals surface area contributed by atoms with Gasteiger partial charge in [0.1, 0.15) is 0 Å². The summed E-state index contributed by atoms with van der Waals surface area (Å²) in [5.41, 5.74) is 5.59. The molecule has 0 aliphatic heterocycles. The van der Waals surface area contributed by atoms with Crippen LogP contribution in [0.25, 0.3) is 0 Å². The Labute approximate surface area is 101 Å². The van der Waals surface area contributed by atoms with Crippen LogP contribution < -0.4 is 5.73 Å². The summed E-state index contributed by atoms with van der Waals surface area (Å²) in [4.78, 5) is 5.07. The van der Waals surface area contributed by atoms with Crippen LogP contribution in [0.3, 0.4) is 0 Å². The second-order valence-corrected chi connectivity index (χ2v) is 5.96. The van der Waals surface area contributed by atoms with Crippen LogP contribution >= 0.6 is 23.1 Å². The molecule has 2 N–H and O–H groups in total. The molecule has 0 spiro atoms. The van der Waals surface area contributed by atoms with E-state index in [1.165, 1.54) is 15.5 Å². The molecule has 86 valence electrons. The summed E-state index contributed by atoms with van der Waals surface area (Å²) >= 11 is 3.72. The molecule has 0 saturated heterocycles. The Hall–Kier alpha value is -0.0300. The summed E-state index contributed by atoms with van der Waals surface area (Å²) < 4.78 is 0. The number of thioether (sulfide) groups is 1. The van der Waals surface area contributed by atoms with Gasteiger partial charge in [-0.1, -0.05) is 0 Å². The zero-order valence-corrected chi connectivity index (χ0v) is 11.3. The maximum absolute atomic E-state index is 5.59. The zero-order valence-electron chi connectivity index (χ0n) is 9.69. The predicted molar refractivity (Wildman–Crippen MR) is 71.5 cm³/mol. The van der Waals surface area contributed by atoms with E-state index in [-0.39, 0.29) is 0 Å². The number of hydrogen-bond donors (Lipinski definition) is 1. The maximum Gasteiger partial charge on any atom is 0.0328 e. The molecule has 1 aromatic heterocycles. The first-order valence-electron chi connectivity index (χ1n) is 5.14. The SMILES string of the molecule is CSCC(C)N(C)Cc1ccc(CN)s1. The third-order valence-corrected chi connectivity index (χ3v) is 4.39. The van der Waals surface area contributed by atoms with Crippen LogP contribution in [0, 0.1) is 0 Å². The molecule has 1 atom stereocenters. The average molecular weight is 244 g/mol. The van der Waals surface area contributed by atoms with Crippen molar-refractivity contribution >= 4 is 23.1 Å². The van der Waals surface area contributed by atoms with Crippen molar-refractivity contribution < 1.29 is 0 Å². The largest absolute Gasteiger partial charge is 0.326 e. The Morgan fingerprint density at radius 1 is 1.47 bits per heavy atom. The molecule has 1 rings (SSSR count). The van der Waals surface area contributed by atoms with Crippen LogP contribution in [0.5, 0.6) is 0 Å². The Balaban J connectivity index is 2.46. The van der Waals surface area contributed by atoms with Crippen LogP contribution in [0.4, 0.5) is 0 Å². The van der Waals surface area contributed by atoms with E-state index in [1.807, 2.05) is 23.1 Å². The third-order valence-electron chi connectivity index (χ3n) is 2.48. The van der Waals surface area contributed by atoms with Gasteiger partial charge in [-0.2, -0.15) is 11.8 Å². The molecule has 0 aliphatic carbocycles. The Morgan fingerprint density at radius 3 is 2.67 bits per heavy atom. The molecule has 0 saturated carbocycles. The number of hydrogen-bond acceptors (Lipinski definition) is 4. The lowest BCUT2D eigenvalue weighted by Gasteiger charge is -2.23. The zero-order chi connectivity index (χ0) is 11.3. The molecular weight excluding hydrogens is 224 g/mol. The minimum absolute atomic E-state index is 0.628. The van der Waals surface area contributed by atoms with E-state index in [1.54, 1.807) is 0 Å². The molecular formula is C11H20N2S2. The van der Waals surface area contributed by atoms with Gasteiger partial charge in [-0.05, 0) is 32.4 Å². The predicted octanol–water partition coefficient (Wildman–Crippen LogP) is 2.39. The van der Waals surface area contributed by atoms with Crippen LogP contribution in [0.2, 0.25) is 0 Å². The van der Waals surface area contributed by atoms with E-state index in [0.717, 1.165) is 6.54 Å². The normalized spacial score (nSPS) is 13.4. The lowest BCUT2D eigenvalue weighted by molar-refractivity contribution is 0.272. The van der Waals surface area contributed by atoms with Gasteiger partial charge in [0.05, 0.1) is 0 Å². The molecule has 1 heterocycles. The third kappa shape index (κ3) is 4.15. The second-order valence-electron chi connectivity index (χ2n) is 3.79. The summed E-state index contributed by atoms with van der Waals surface area (Å²) in [5, 5.41) is 0. The van der Waals surface area contributed by atoms with Gasteiger partial charge in [-0.3, -0.25) is 4.90 Å². The molecule has 0 radical (unpaired) electrons. The van der Waals surface area contributed by atoms with Gasteiger partial charge in [0.2, 0.25) is 0 Å². The first-order chi connectivity index (χ1) is 7.17. The van der Waals surface area contributed by atoms with Gasteiger partial charge in [-0.25, -0.2) is 0 Å². The molecule has 0 fully saturated rings. The first kappa shape index (κ1) is 13.0. The quantitative estimate of drug-likeness (QED) is 0.833. The number of thiophene rings is 1. The molecule has 4 heteroatoms. The fourth-order valence-corrected chi connectivity index (χ4v) is 3.08. The van der Waals surface area contributed by atoms with Crippen molar-refractivity contribution in [2.75, 3.05) is 19.1 Å². The number of nitrogens with two attached hydrogens (primary N) is 1. The summed E-state index contributed by atoms with van der Waals surface area (Å²) in [5.74, 6) is 1.19. The van der Waals surface area contributed by atoms with Gasteiger partial charge in [0, 0.05) is 34.6 Å². The lowest BCUT2D eigenvalue weighted by Crippen LogP contribution is -2.30. The van der Waals surface area contributed by atoms with Crippen molar-refractivity contribution in [3.63, 3.8) is 0 Å². The Bertz CT molecular complexity index is 286. The fourth-order valence-electron chi connectivity index (χ4n) is 1.39. The van der Waals surface area contributed by atoms with Gasteiger partial charge in [0.25, 0.3) is 0 Å². The van der Waals surface area contributed by atoms with E-state index in [0.29, 0.717) is 12.6 Å². The van der Waals surface area contributed by atoms with Gasteiger partial charge < -0.3 is 5.73 Å². The van der Waals surface area contributed by atoms with Crippen molar-refractivity contribution in [3.05, 3.63) is 21.9 Å². The highest BCUT2D eigenvalue weighted by molar-refractivity contribution is 7.98. The van der Waals surface area contributed by atoms with E-state index >= 15 is 0 Å². The van der Waals surface area contributed by atoms with E-state index in [2.05, 4.69) is 37.3 Å². The second kappa shape index (κ2) is 6.53. The Morgan fingerprint density at radius 2 is 2.13 bits per heavy atom. The minimum atomic E-state index is 0.628. The molecule has 0 bridgehead atoms. The van der Waals surface area contributed by atoms with E-state index < -0.39 is 0 Å². The molecule has 15 heavy (non-hydrogen) atoms. The van der Waals surface area contributed by atoms with E-state index in [9.17, 15) is 0 Å². The standard InChI is InChI=1S/C11H20N2S2/c1-9(8-14-3)13(2)7-11-5-4-10(6-12)15-11/h4-5,9H,6-8,12H2,1-3H3. The van der Waals surface area contributed by atoms with Crippen LogP contribution in [-0.2, 0) is 13.1 Å². The molecule has 0 aliphatic rings. The van der Waals surface area contributed by atoms with Crippen molar-refractivity contribution in [3.8, 4) is 0 Å². The van der Waals surface area contributed by atoms with Crippen molar-refractivity contribution in [2.45, 2.75) is 26.1 Å². The molecule has 0 aromatic carbocycles. The topological polar surface area (TPSA) is 29.3 Å². The van der Waals surface area contributed by atoms with Gasteiger partial charge in [-0.15, -0.1) is 11.3 Å². The summed E-state index contributed by atoms with van der Waals surface area (Å²) in [6.45, 7) is 3.97. The van der Waals surface area contributed by atoms with E-state index in [4.69, 9.17) is 5.73 Å². The molecule has 0 amide bonds. The first-order valence-corrected chi connectivity index (χ1v) is 7.35. The van der Waals surface area contributed by atoms with Gasteiger partial charge >= 0.3 is 0 Å². The van der Waals surface area contributed by atoms with Crippen molar-refractivity contribution in [1.82, 2.24) is 4.90 Å². The fraction of sp³-hybridized carbons (Fsp3) is 0.636. The molecule has 2 nitrogen and oxygen atoms in total. The lowest BCUT2D eigenvalue weighted by atomic mass is 10.3. The maximum atomic E-state index is 5.59. The van der Waals surface area contributed by atoms with Crippen molar-refractivity contribution in [1.29, 1.82) is 0 Å². The van der Waals surface area contributed by atoms with Crippen LogP contribution in [0.15, 0.2) is 12.1 Å². The summed E-state index contributed by atoms with van der Waals surface area (Å²) in [6.07, 6.45) is 2.15. The monoisotopic (exact) mass is 244 g/mol.